The number of ether oxygens (including phenoxy) is 2. The van der Waals surface area contributed by atoms with Crippen molar-refractivity contribution in [3.05, 3.63) is 0 Å². The van der Waals surface area contributed by atoms with Gasteiger partial charge in [0.1, 0.15) is 23.3 Å². The molecule has 1 fully saturated rings. The fraction of sp³-hybridized carbons (Fsp3) is 0.857. The van der Waals surface area contributed by atoms with E-state index in [0.717, 1.165) is 0 Å². The van der Waals surface area contributed by atoms with Crippen LogP contribution in [-0.4, -0.2) is 48.3 Å². The Bertz CT molecular complexity index is 332. The van der Waals surface area contributed by atoms with Gasteiger partial charge in [0.15, 0.2) is 0 Å². The summed E-state index contributed by atoms with van der Waals surface area (Å²) in [5.74, 6) is -0.888. The molecule has 1 aliphatic heterocycles. The first kappa shape index (κ1) is 16.9. The first-order chi connectivity index (χ1) is 8.99. The molecule has 0 amide bonds. The molecule has 0 aromatic heterocycles. The van der Waals surface area contributed by atoms with Gasteiger partial charge in [-0.25, -0.2) is 0 Å². The Kier molecular flexibility index (Phi) is 5.15. The van der Waals surface area contributed by atoms with Crippen molar-refractivity contribution in [1.82, 2.24) is 10.6 Å². The van der Waals surface area contributed by atoms with Crippen LogP contribution in [0.2, 0.25) is 0 Å². The molecule has 1 rings (SSSR count). The second kappa shape index (κ2) is 6.10. The quantitative estimate of drug-likeness (QED) is 0.724. The molecule has 116 valence electrons. The van der Waals surface area contributed by atoms with Crippen molar-refractivity contribution in [2.45, 2.75) is 64.8 Å². The lowest BCUT2D eigenvalue weighted by Crippen LogP contribution is -2.64. The van der Waals surface area contributed by atoms with Crippen LogP contribution in [-0.2, 0) is 19.1 Å². The van der Waals surface area contributed by atoms with Crippen LogP contribution in [0.5, 0.6) is 0 Å². The third-order valence-corrected chi connectivity index (χ3v) is 2.51. The average Bonchev–Trinajstić information content (AvgIpc) is 2.24. The molecule has 0 bridgehead atoms. The smallest absolute Gasteiger partial charge is 0.325 e. The van der Waals surface area contributed by atoms with Crippen LogP contribution >= 0.6 is 0 Å². The molecule has 1 heterocycles. The summed E-state index contributed by atoms with van der Waals surface area (Å²) in [6.07, 6.45) is 0. The summed E-state index contributed by atoms with van der Waals surface area (Å²) in [5.41, 5.74) is -1.18. The minimum atomic E-state index is -0.724. The average molecular weight is 286 g/mol. The predicted molar refractivity (Wildman–Crippen MR) is 75.3 cm³/mol. The second-order valence-electron chi connectivity index (χ2n) is 6.93. The van der Waals surface area contributed by atoms with Crippen molar-refractivity contribution in [3.63, 3.8) is 0 Å². The molecule has 6 heteroatoms. The summed E-state index contributed by atoms with van der Waals surface area (Å²) in [6, 6.07) is -1.45. The van der Waals surface area contributed by atoms with E-state index >= 15 is 0 Å². The van der Waals surface area contributed by atoms with Gasteiger partial charge in [0, 0.05) is 13.1 Å². The lowest BCUT2D eigenvalue weighted by Gasteiger charge is -2.34. The van der Waals surface area contributed by atoms with Gasteiger partial charge in [-0.15, -0.1) is 0 Å². The zero-order valence-electron chi connectivity index (χ0n) is 13.2. The summed E-state index contributed by atoms with van der Waals surface area (Å²) in [5, 5.41) is 6.04. The van der Waals surface area contributed by atoms with Gasteiger partial charge >= 0.3 is 11.9 Å². The van der Waals surface area contributed by atoms with E-state index in [1.165, 1.54) is 0 Å². The van der Waals surface area contributed by atoms with E-state index in [0.29, 0.717) is 13.1 Å². The summed E-state index contributed by atoms with van der Waals surface area (Å²) >= 11 is 0. The highest BCUT2D eigenvalue weighted by Crippen LogP contribution is 2.14. The first-order valence-electron chi connectivity index (χ1n) is 6.92. The van der Waals surface area contributed by atoms with E-state index in [2.05, 4.69) is 10.6 Å². The Morgan fingerprint density at radius 2 is 1.10 bits per heavy atom. The van der Waals surface area contributed by atoms with Gasteiger partial charge in [0.2, 0.25) is 0 Å². The zero-order chi connectivity index (χ0) is 15.6. The lowest BCUT2D eigenvalue weighted by molar-refractivity contribution is -0.168. The molecule has 0 aromatic carbocycles. The van der Waals surface area contributed by atoms with Crippen molar-refractivity contribution in [1.29, 1.82) is 0 Å². The van der Waals surface area contributed by atoms with Gasteiger partial charge in [-0.1, -0.05) is 0 Å². The molecule has 0 radical (unpaired) electrons. The van der Waals surface area contributed by atoms with Crippen LogP contribution in [0, 0.1) is 0 Å². The molecule has 1 saturated heterocycles. The molecule has 0 aromatic rings. The highest BCUT2D eigenvalue weighted by atomic mass is 16.6. The highest BCUT2D eigenvalue weighted by Gasteiger charge is 2.40. The molecule has 0 saturated carbocycles. The van der Waals surface area contributed by atoms with Gasteiger partial charge in [0.05, 0.1) is 0 Å². The zero-order valence-corrected chi connectivity index (χ0v) is 13.2. The van der Waals surface area contributed by atoms with E-state index in [9.17, 15) is 9.59 Å². The van der Waals surface area contributed by atoms with Crippen molar-refractivity contribution >= 4 is 11.9 Å². The van der Waals surface area contributed by atoms with E-state index in [1.54, 1.807) is 41.5 Å². The number of nitrogens with one attached hydrogen (secondary N) is 2. The molecule has 1 aliphatic rings. The minimum Gasteiger partial charge on any atom is -0.459 e. The van der Waals surface area contributed by atoms with Crippen molar-refractivity contribution in [3.8, 4) is 0 Å². The third-order valence-electron chi connectivity index (χ3n) is 2.51. The standard InChI is InChI=1S/C14H26N2O4/c1-13(2,3)19-11(17)9-10(16-8-7-15-9)12(18)20-14(4,5)6/h9-10,15-16H,7-8H2,1-6H3. The Morgan fingerprint density at radius 3 is 1.35 bits per heavy atom. The van der Waals surface area contributed by atoms with E-state index < -0.39 is 35.2 Å². The fourth-order valence-corrected chi connectivity index (χ4v) is 1.86. The predicted octanol–water partition coefficient (Wildman–Crippen LogP) is 0.600. The monoisotopic (exact) mass is 286 g/mol. The number of hydrogen-bond acceptors (Lipinski definition) is 6. The van der Waals surface area contributed by atoms with Crippen LogP contribution in [0.1, 0.15) is 41.5 Å². The number of hydrogen-bond donors (Lipinski definition) is 2. The highest BCUT2D eigenvalue weighted by molar-refractivity contribution is 5.87. The minimum absolute atomic E-state index is 0.444. The van der Waals surface area contributed by atoms with Crippen LogP contribution in [0.3, 0.4) is 0 Å². The van der Waals surface area contributed by atoms with Gasteiger partial charge < -0.3 is 20.1 Å². The summed E-state index contributed by atoms with van der Waals surface area (Å²) in [4.78, 5) is 24.3. The SMILES string of the molecule is CC(C)(C)OC(=O)C1NCCNC1C(=O)OC(C)(C)C. The largest absolute Gasteiger partial charge is 0.459 e. The fourth-order valence-electron chi connectivity index (χ4n) is 1.86. The number of carbonyl (C=O) groups excluding carboxylic acids is 2. The van der Waals surface area contributed by atoms with Crippen LogP contribution in [0.4, 0.5) is 0 Å². The van der Waals surface area contributed by atoms with E-state index in [-0.39, 0.29) is 0 Å². The number of carbonyl (C=O) groups is 2. The summed E-state index contributed by atoms with van der Waals surface area (Å²) in [6.45, 7) is 12.0. The Labute approximate surface area is 120 Å². The normalized spacial score (nSPS) is 24.1. The van der Waals surface area contributed by atoms with Crippen LogP contribution in [0.25, 0.3) is 0 Å². The summed E-state index contributed by atoms with van der Waals surface area (Å²) in [7, 11) is 0. The lowest BCUT2D eigenvalue weighted by atomic mass is 10.0. The number of rotatable bonds is 2. The maximum absolute atomic E-state index is 12.2. The van der Waals surface area contributed by atoms with Gasteiger partial charge in [-0.05, 0) is 41.5 Å². The maximum atomic E-state index is 12.2. The molecule has 20 heavy (non-hydrogen) atoms. The van der Waals surface area contributed by atoms with E-state index in [1.807, 2.05) is 0 Å². The van der Waals surface area contributed by atoms with Crippen LogP contribution < -0.4 is 10.6 Å². The van der Waals surface area contributed by atoms with E-state index in [4.69, 9.17) is 9.47 Å². The molecule has 2 atom stereocenters. The van der Waals surface area contributed by atoms with Gasteiger partial charge in [-0.2, -0.15) is 0 Å². The Balaban J connectivity index is 2.76. The molecule has 2 unspecified atom stereocenters. The molecule has 2 N–H and O–H groups in total. The number of piperazine rings is 1. The number of esters is 2. The summed E-state index contributed by atoms with van der Waals surface area (Å²) < 4.78 is 10.7. The molecular formula is C14H26N2O4. The van der Waals surface area contributed by atoms with Crippen molar-refractivity contribution in [2.24, 2.45) is 0 Å². The topological polar surface area (TPSA) is 76.7 Å². The van der Waals surface area contributed by atoms with Crippen molar-refractivity contribution in [2.75, 3.05) is 13.1 Å². The van der Waals surface area contributed by atoms with Gasteiger partial charge in [0.25, 0.3) is 0 Å². The third kappa shape index (κ3) is 5.46. The second-order valence-corrected chi connectivity index (χ2v) is 6.93. The Morgan fingerprint density at radius 1 is 0.800 bits per heavy atom. The molecule has 0 aliphatic carbocycles. The molecule has 6 nitrogen and oxygen atoms in total. The molecule has 0 spiro atoms. The van der Waals surface area contributed by atoms with Crippen molar-refractivity contribution < 1.29 is 19.1 Å². The molecular weight excluding hydrogens is 260 g/mol. The maximum Gasteiger partial charge on any atom is 0.325 e. The van der Waals surface area contributed by atoms with Gasteiger partial charge in [-0.3, -0.25) is 9.59 Å². The first-order valence-corrected chi connectivity index (χ1v) is 6.92. The Hall–Kier alpha value is -1.14. The van der Waals surface area contributed by atoms with Crippen LogP contribution in [0.15, 0.2) is 0 Å².